The number of nitrogens with two attached hydrogens (primary N) is 1. The molecule has 0 amide bonds. The third kappa shape index (κ3) is 14.3. The SMILES string of the molecule is CCCCCCCCCCCCCCSN. The van der Waals surface area contributed by atoms with Crippen LogP contribution in [0.3, 0.4) is 0 Å². The molecule has 16 heavy (non-hydrogen) atoms. The Morgan fingerprint density at radius 3 is 1.38 bits per heavy atom. The van der Waals surface area contributed by atoms with Crippen LogP contribution in [0.15, 0.2) is 0 Å². The second kappa shape index (κ2) is 15.3. The molecule has 0 aliphatic carbocycles. The summed E-state index contributed by atoms with van der Waals surface area (Å²) < 4.78 is 0. The minimum absolute atomic E-state index is 1.14. The fraction of sp³-hybridized carbons (Fsp3) is 1.00. The molecule has 2 heteroatoms. The van der Waals surface area contributed by atoms with Gasteiger partial charge in [0.25, 0.3) is 0 Å². The van der Waals surface area contributed by atoms with E-state index in [0.717, 1.165) is 5.75 Å². The second-order valence-corrected chi connectivity index (χ2v) is 5.50. The van der Waals surface area contributed by atoms with Crippen LogP contribution in [0.25, 0.3) is 0 Å². The zero-order valence-electron chi connectivity index (χ0n) is 11.2. The average Bonchev–Trinajstić information content (AvgIpc) is 2.31. The molecule has 0 fully saturated rings. The standard InChI is InChI=1S/C14H31NS/c1-2-3-4-5-6-7-8-9-10-11-12-13-14-16-15/h2-15H2,1H3. The Balaban J connectivity index is 2.83. The van der Waals surface area contributed by atoms with Gasteiger partial charge in [0.15, 0.2) is 0 Å². The maximum Gasteiger partial charge on any atom is 0.00764 e. The van der Waals surface area contributed by atoms with Crippen LogP contribution in [-0.2, 0) is 0 Å². The molecule has 0 radical (unpaired) electrons. The fourth-order valence-electron chi connectivity index (χ4n) is 2.03. The molecule has 98 valence electrons. The summed E-state index contributed by atoms with van der Waals surface area (Å²) in [5.41, 5.74) is 0. The van der Waals surface area contributed by atoms with E-state index in [1.165, 1.54) is 89.0 Å². The van der Waals surface area contributed by atoms with Crippen molar-refractivity contribution >= 4 is 11.9 Å². The summed E-state index contributed by atoms with van der Waals surface area (Å²) in [4.78, 5) is 0. The van der Waals surface area contributed by atoms with Gasteiger partial charge in [-0.05, 0) is 6.42 Å². The number of hydrogen-bond acceptors (Lipinski definition) is 2. The van der Waals surface area contributed by atoms with Crippen molar-refractivity contribution in [1.82, 2.24) is 0 Å². The Morgan fingerprint density at radius 1 is 0.625 bits per heavy atom. The minimum Gasteiger partial charge on any atom is -0.278 e. The summed E-state index contributed by atoms with van der Waals surface area (Å²) in [6, 6.07) is 0. The van der Waals surface area contributed by atoms with Crippen LogP contribution in [0, 0.1) is 0 Å². The van der Waals surface area contributed by atoms with Crippen molar-refractivity contribution in [3.05, 3.63) is 0 Å². The first-order chi connectivity index (χ1) is 7.91. The molecule has 1 nitrogen and oxygen atoms in total. The minimum atomic E-state index is 1.14. The lowest BCUT2D eigenvalue weighted by atomic mass is 10.1. The third-order valence-electron chi connectivity index (χ3n) is 3.12. The van der Waals surface area contributed by atoms with E-state index >= 15 is 0 Å². The van der Waals surface area contributed by atoms with Crippen molar-refractivity contribution in [3.63, 3.8) is 0 Å². The molecule has 0 unspecified atom stereocenters. The van der Waals surface area contributed by atoms with E-state index in [4.69, 9.17) is 5.14 Å². The molecule has 0 rings (SSSR count). The Labute approximate surface area is 107 Å². The van der Waals surface area contributed by atoms with Gasteiger partial charge < -0.3 is 0 Å². The molecule has 0 saturated carbocycles. The molecule has 0 bridgehead atoms. The van der Waals surface area contributed by atoms with Gasteiger partial charge in [-0.3, -0.25) is 5.14 Å². The average molecular weight is 245 g/mol. The zero-order valence-corrected chi connectivity index (χ0v) is 12.0. The van der Waals surface area contributed by atoms with Crippen molar-refractivity contribution < 1.29 is 0 Å². The highest BCUT2D eigenvalue weighted by Gasteiger charge is 1.92. The van der Waals surface area contributed by atoms with Crippen LogP contribution in [0.5, 0.6) is 0 Å². The van der Waals surface area contributed by atoms with Crippen molar-refractivity contribution in [3.8, 4) is 0 Å². The lowest BCUT2D eigenvalue weighted by molar-refractivity contribution is 0.548. The Morgan fingerprint density at radius 2 is 1.00 bits per heavy atom. The molecule has 0 saturated heterocycles. The van der Waals surface area contributed by atoms with Crippen LogP contribution >= 0.6 is 11.9 Å². The van der Waals surface area contributed by atoms with Crippen LogP contribution in [0.2, 0.25) is 0 Å². The summed E-state index contributed by atoms with van der Waals surface area (Å²) in [6.45, 7) is 2.28. The second-order valence-electron chi connectivity index (χ2n) is 4.76. The van der Waals surface area contributed by atoms with E-state index in [1.54, 1.807) is 0 Å². The van der Waals surface area contributed by atoms with E-state index in [0.29, 0.717) is 0 Å². The Kier molecular flexibility index (Phi) is 15.6. The summed E-state index contributed by atoms with van der Waals surface area (Å²) in [7, 11) is 0. The molecule has 0 aromatic heterocycles. The van der Waals surface area contributed by atoms with Crippen LogP contribution in [-0.4, -0.2) is 5.75 Å². The van der Waals surface area contributed by atoms with Crippen molar-refractivity contribution in [2.75, 3.05) is 5.75 Å². The van der Waals surface area contributed by atoms with Gasteiger partial charge in [-0.2, -0.15) is 0 Å². The first-order valence-electron chi connectivity index (χ1n) is 7.23. The van der Waals surface area contributed by atoms with Crippen LogP contribution in [0.4, 0.5) is 0 Å². The predicted octanol–water partition coefficient (Wildman–Crippen LogP) is 5.29. The molecule has 0 heterocycles. The molecule has 0 aliphatic rings. The quantitative estimate of drug-likeness (QED) is 0.352. The first kappa shape index (κ1) is 16.3. The number of hydrogen-bond donors (Lipinski definition) is 1. The van der Waals surface area contributed by atoms with Gasteiger partial charge >= 0.3 is 0 Å². The van der Waals surface area contributed by atoms with Gasteiger partial charge in [-0.1, -0.05) is 89.5 Å². The smallest absolute Gasteiger partial charge is 0.00764 e. The molecule has 0 spiro atoms. The lowest BCUT2D eigenvalue weighted by Gasteiger charge is -2.02. The van der Waals surface area contributed by atoms with E-state index in [9.17, 15) is 0 Å². The van der Waals surface area contributed by atoms with E-state index in [-0.39, 0.29) is 0 Å². The van der Waals surface area contributed by atoms with E-state index in [1.807, 2.05) is 0 Å². The predicted molar refractivity (Wildman–Crippen MR) is 77.7 cm³/mol. The first-order valence-corrected chi connectivity index (χ1v) is 8.28. The summed E-state index contributed by atoms with van der Waals surface area (Å²) >= 11 is 1.48. The van der Waals surface area contributed by atoms with Crippen molar-refractivity contribution in [2.24, 2.45) is 5.14 Å². The molecule has 0 aromatic rings. The normalized spacial score (nSPS) is 10.9. The molecule has 0 aromatic carbocycles. The van der Waals surface area contributed by atoms with E-state index < -0.39 is 0 Å². The van der Waals surface area contributed by atoms with Gasteiger partial charge in [0.2, 0.25) is 0 Å². The summed E-state index contributed by atoms with van der Waals surface area (Å²) in [6.07, 6.45) is 17.1. The van der Waals surface area contributed by atoms with Crippen LogP contribution in [0.1, 0.15) is 84.0 Å². The van der Waals surface area contributed by atoms with Gasteiger partial charge in [-0.15, -0.1) is 0 Å². The molecular formula is C14H31NS. The monoisotopic (exact) mass is 245 g/mol. The van der Waals surface area contributed by atoms with Gasteiger partial charge in [0.05, 0.1) is 0 Å². The molecule has 0 aliphatic heterocycles. The highest BCUT2D eigenvalue weighted by molar-refractivity contribution is 7.97. The van der Waals surface area contributed by atoms with E-state index in [2.05, 4.69) is 6.92 Å². The van der Waals surface area contributed by atoms with Crippen molar-refractivity contribution in [1.29, 1.82) is 0 Å². The Bertz CT molecular complexity index is 103. The fourth-order valence-corrected chi connectivity index (χ4v) is 2.40. The Hall–Kier alpha value is 0.310. The zero-order chi connectivity index (χ0) is 11.9. The summed E-state index contributed by atoms with van der Waals surface area (Å²) in [5.74, 6) is 1.14. The highest BCUT2D eigenvalue weighted by atomic mass is 32.2. The topological polar surface area (TPSA) is 26.0 Å². The largest absolute Gasteiger partial charge is 0.278 e. The van der Waals surface area contributed by atoms with Gasteiger partial charge in [-0.25, -0.2) is 0 Å². The van der Waals surface area contributed by atoms with Gasteiger partial charge in [0, 0.05) is 5.75 Å². The third-order valence-corrected chi connectivity index (χ3v) is 3.64. The van der Waals surface area contributed by atoms with Crippen molar-refractivity contribution in [2.45, 2.75) is 84.0 Å². The highest BCUT2D eigenvalue weighted by Crippen LogP contribution is 2.12. The summed E-state index contributed by atoms with van der Waals surface area (Å²) in [5, 5.41) is 5.38. The molecule has 2 N–H and O–H groups in total. The molecular weight excluding hydrogens is 214 g/mol. The number of unbranched alkanes of at least 4 members (excludes halogenated alkanes) is 11. The van der Waals surface area contributed by atoms with Crippen LogP contribution < -0.4 is 5.14 Å². The maximum atomic E-state index is 5.38. The lowest BCUT2D eigenvalue weighted by Crippen LogP contribution is -1.86. The number of rotatable bonds is 13. The van der Waals surface area contributed by atoms with Gasteiger partial charge in [0.1, 0.15) is 0 Å². The maximum absolute atomic E-state index is 5.38. The molecule has 0 atom stereocenters.